The smallest absolute Gasteiger partial charge is 0.262 e. The first-order chi connectivity index (χ1) is 9.98. The fourth-order valence-electron chi connectivity index (χ4n) is 2.17. The van der Waals surface area contributed by atoms with E-state index in [0.717, 1.165) is 36.9 Å². The highest BCUT2D eigenvalue weighted by Crippen LogP contribution is 2.21. The highest BCUT2D eigenvalue weighted by atomic mass is 32.2. The first kappa shape index (κ1) is 18.1. The van der Waals surface area contributed by atoms with Crippen LogP contribution in [0.25, 0.3) is 0 Å². The van der Waals surface area contributed by atoms with Crippen molar-refractivity contribution in [3.05, 3.63) is 11.3 Å². The van der Waals surface area contributed by atoms with E-state index >= 15 is 0 Å². The van der Waals surface area contributed by atoms with Crippen LogP contribution in [-0.4, -0.2) is 43.1 Å². The third-order valence-corrected chi connectivity index (χ3v) is 5.37. The molecule has 0 spiro atoms. The van der Waals surface area contributed by atoms with Crippen molar-refractivity contribution in [1.29, 1.82) is 0 Å². The van der Waals surface area contributed by atoms with Gasteiger partial charge in [0.15, 0.2) is 5.03 Å². The minimum absolute atomic E-state index is 0.168. The summed E-state index contributed by atoms with van der Waals surface area (Å²) in [6, 6.07) is 0. The van der Waals surface area contributed by atoms with Crippen molar-refractivity contribution in [3.8, 4) is 0 Å². The van der Waals surface area contributed by atoms with Crippen molar-refractivity contribution in [2.75, 3.05) is 20.1 Å². The molecule has 0 saturated carbocycles. The van der Waals surface area contributed by atoms with Crippen molar-refractivity contribution >= 4 is 10.0 Å². The lowest BCUT2D eigenvalue weighted by atomic mass is 10.3. The van der Waals surface area contributed by atoms with Crippen LogP contribution in [0.5, 0.6) is 0 Å². The lowest BCUT2D eigenvalue weighted by Gasteiger charge is -2.21. The Morgan fingerprint density at radius 3 is 2.24 bits per heavy atom. The molecule has 1 heterocycles. The van der Waals surface area contributed by atoms with Crippen LogP contribution in [0, 0.1) is 6.92 Å². The highest BCUT2D eigenvalue weighted by Gasteiger charge is 2.29. The van der Waals surface area contributed by atoms with Gasteiger partial charge in [0.25, 0.3) is 10.0 Å². The van der Waals surface area contributed by atoms with E-state index in [-0.39, 0.29) is 5.03 Å². The van der Waals surface area contributed by atoms with Crippen LogP contribution in [0.3, 0.4) is 0 Å². The third-order valence-electron chi connectivity index (χ3n) is 3.50. The predicted molar refractivity (Wildman–Crippen MR) is 84.7 cm³/mol. The molecular formula is C14H28N4O2S. The summed E-state index contributed by atoms with van der Waals surface area (Å²) in [7, 11) is -1.73. The van der Waals surface area contributed by atoms with Gasteiger partial charge in [-0.3, -0.25) is 5.10 Å². The summed E-state index contributed by atoms with van der Waals surface area (Å²) in [5, 5.41) is 10.0. The Morgan fingerprint density at radius 2 is 1.76 bits per heavy atom. The molecule has 0 aliphatic heterocycles. The standard InChI is InChI=1S/C14H28N4O2S/c1-5-7-9-18(10-8-6-2)21(19,20)14-13(11-15-4)12(3)16-17-14/h15H,5-11H2,1-4H3,(H,16,17). The number of unbranched alkanes of at least 4 members (excludes halogenated alkanes) is 2. The van der Waals surface area contributed by atoms with E-state index in [1.807, 2.05) is 6.92 Å². The van der Waals surface area contributed by atoms with Gasteiger partial charge in [-0.2, -0.15) is 9.40 Å². The molecule has 1 rings (SSSR count). The van der Waals surface area contributed by atoms with Gasteiger partial charge in [0.05, 0.1) is 0 Å². The number of hydrogen-bond acceptors (Lipinski definition) is 4. The average molecular weight is 316 g/mol. The van der Waals surface area contributed by atoms with Crippen molar-refractivity contribution in [3.63, 3.8) is 0 Å². The Balaban J connectivity index is 3.09. The number of sulfonamides is 1. The highest BCUT2D eigenvalue weighted by molar-refractivity contribution is 7.89. The number of nitrogens with zero attached hydrogens (tertiary/aromatic N) is 2. The summed E-state index contributed by atoms with van der Waals surface area (Å²) < 4.78 is 27.3. The van der Waals surface area contributed by atoms with Gasteiger partial charge in [-0.15, -0.1) is 0 Å². The summed E-state index contributed by atoms with van der Waals surface area (Å²) in [6.45, 7) is 7.59. The van der Waals surface area contributed by atoms with Crippen molar-refractivity contribution in [2.45, 2.75) is 58.0 Å². The van der Waals surface area contributed by atoms with Crippen LogP contribution >= 0.6 is 0 Å². The van der Waals surface area contributed by atoms with Gasteiger partial charge < -0.3 is 5.32 Å². The molecule has 2 N–H and O–H groups in total. The van der Waals surface area contributed by atoms with E-state index < -0.39 is 10.0 Å². The largest absolute Gasteiger partial charge is 0.316 e. The predicted octanol–water partition coefficient (Wildman–Crippen LogP) is 2.03. The minimum atomic E-state index is -3.53. The van der Waals surface area contributed by atoms with Crippen LogP contribution in [0.1, 0.15) is 50.8 Å². The number of aromatic amines is 1. The second-order valence-electron chi connectivity index (χ2n) is 5.27. The molecule has 0 saturated heterocycles. The van der Waals surface area contributed by atoms with Crippen LogP contribution in [0.4, 0.5) is 0 Å². The van der Waals surface area contributed by atoms with Gasteiger partial charge in [0.1, 0.15) is 0 Å². The quantitative estimate of drug-likeness (QED) is 0.692. The van der Waals surface area contributed by atoms with Crippen molar-refractivity contribution < 1.29 is 8.42 Å². The normalized spacial score (nSPS) is 12.2. The zero-order valence-corrected chi connectivity index (χ0v) is 14.4. The zero-order chi connectivity index (χ0) is 15.9. The monoisotopic (exact) mass is 316 g/mol. The van der Waals surface area contributed by atoms with Gasteiger partial charge in [0.2, 0.25) is 0 Å². The zero-order valence-electron chi connectivity index (χ0n) is 13.6. The Labute approximate surface area is 128 Å². The molecule has 1 aromatic rings. The SMILES string of the molecule is CCCCN(CCCC)S(=O)(=O)c1n[nH]c(C)c1CNC. The maximum absolute atomic E-state index is 12.9. The summed E-state index contributed by atoms with van der Waals surface area (Å²) in [5.41, 5.74) is 1.53. The fourth-order valence-corrected chi connectivity index (χ4v) is 3.85. The number of nitrogens with one attached hydrogen (secondary N) is 2. The Morgan fingerprint density at radius 1 is 1.19 bits per heavy atom. The maximum Gasteiger partial charge on any atom is 0.262 e. The Bertz CT molecular complexity index is 517. The molecule has 0 unspecified atom stereocenters. The van der Waals surface area contributed by atoms with Crippen molar-refractivity contribution in [2.24, 2.45) is 0 Å². The molecule has 122 valence electrons. The maximum atomic E-state index is 12.9. The number of H-pyrrole nitrogens is 1. The summed E-state index contributed by atoms with van der Waals surface area (Å²) in [6.07, 6.45) is 3.68. The number of hydrogen-bond donors (Lipinski definition) is 2. The molecular weight excluding hydrogens is 288 g/mol. The van der Waals surface area contributed by atoms with E-state index in [2.05, 4.69) is 29.4 Å². The molecule has 0 fully saturated rings. The molecule has 0 radical (unpaired) electrons. The van der Waals surface area contributed by atoms with E-state index in [4.69, 9.17) is 0 Å². The van der Waals surface area contributed by atoms with Gasteiger partial charge >= 0.3 is 0 Å². The molecule has 0 aromatic carbocycles. The summed E-state index contributed by atoms with van der Waals surface area (Å²) >= 11 is 0. The van der Waals surface area contributed by atoms with Gasteiger partial charge in [-0.05, 0) is 26.8 Å². The van der Waals surface area contributed by atoms with Crippen LogP contribution in [0.15, 0.2) is 5.03 Å². The average Bonchev–Trinajstić information content (AvgIpc) is 2.81. The van der Waals surface area contributed by atoms with Gasteiger partial charge in [0, 0.05) is 30.9 Å². The molecule has 0 bridgehead atoms. The van der Waals surface area contributed by atoms with E-state index in [1.54, 1.807) is 11.4 Å². The minimum Gasteiger partial charge on any atom is -0.316 e. The molecule has 1 aromatic heterocycles. The number of aryl methyl sites for hydroxylation is 1. The molecule has 21 heavy (non-hydrogen) atoms. The van der Waals surface area contributed by atoms with Gasteiger partial charge in [-0.1, -0.05) is 26.7 Å². The lowest BCUT2D eigenvalue weighted by molar-refractivity contribution is 0.393. The fraction of sp³-hybridized carbons (Fsp3) is 0.786. The summed E-state index contributed by atoms with van der Waals surface area (Å²) in [5.74, 6) is 0. The molecule has 7 heteroatoms. The second kappa shape index (κ2) is 8.51. The molecule has 0 amide bonds. The van der Waals surface area contributed by atoms with Crippen LogP contribution in [-0.2, 0) is 16.6 Å². The second-order valence-corrected chi connectivity index (χ2v) is 7.13. The lowest BCUT2D eigenvalue weighted by Crippen LogP contribution is -2.34. The Kier molecular flexibility index (Phi) is 7.34. The van der Waals surface area contributed by atoms with E-state index in [1.165, 1.54) is 0 Å². The third kappa shape index (κ3) is 4.52. The van der Waals surface area contributed by atoms with Gasteiger partial charge in [-0.25, -0.2) is 8.42 Å². The Hall–Kier alpha value is -0.920. The van der Waals surface area contributed by atoms with Crippen molar-refractivity contribution in [1.82, 2.24) is 19.8 Å². The first-order valence-electron chi connectivity index (χ1n) is 7.67. The number of aromatic nitrogens is 2. The first-order valence-corrected chi connectivity index (χ1v) is 9.11. The molecule has 0 atom stereocenters. The topological polar surface area (TPSA) is 78.1 Å². The molecule has 0 aliphatic carbocycles. The van der Waals surface area contributed by atoms with E-state index in [0.29, 0.717) is 19.6 Å². The molecule has 0 aliphatic rings. The molecule has 6 nitrogen and oxygen atoms in total. The van der Waals surface area contributed by atoms with Crippen LogP contribution < -0.4 is 5.32 Å². The van der Waals surface area contributed by atoms with Crippen LogP contribution in [0.2, 0.25) is 0 Å². The number of rotatable bonds is 10. The van der Waals surface area contributed by atoms with E-state index in [9.17, 15) is 8.42 Å². The summed E-state index contributed by atoms with van der Waals surface area (Å²) in [4.78, 5) is 0.